The molecule has 112 valence electrons. The maximum Gasteiger partial charge on any atom is 0.433 e. The van der Waals surface area contributed by atoms with Crippen LogP contribution in [0.15, 0.2) is 23.3 Å². The molecule has 3 nitrogen and oxygen atoms in total. The Morgan fingerprint density at radius 1 is 1.29 bits per heavy atom. The number of hydrogen-bond acceptors (Lipinski definition) is 4. The molecule has 1 saturated carbocycles. The van der Waals surface area contributed by atoms with Gasteiger partial charge in [0.15, 0.2) is 0 Å². The van der Waals surface area contributed by atoms with Gasteiger partial charge in [-0.25, -0.2) is 4.99 Å². The van der Waals surface area contributed by atoms with Crippen LogP contribution in [0.4, 0.5) is 18.9 Å². The Morgan fingerprint density at radius 2 is 1.95 bits per heavy atom. The number of aliphatic imine (C=N–C) groups is 1. The van der Waals surface area contributed by atoms with Gasteiger partial charge in [0.1, 0.15) is 5.69 Å². The van der Waals surface area contributed by atoms with Crippen molar-refractivity contribution in [2.24, 2.45) is 16.8 Å². The summed E-state index contributed by atoms with van der Waals surface area (Å²) in [6.45, 7) is 1.42. The Kier molecular flexibility index (Phi) is 3.71. The van der Waals surface area contributed by atoms with E-state index in [9.17, 15) is 13.2 Å². The SMILES string of the molecule is FC(F)(F)c1cc(N2CC3CC[C@@H](C2)[C@@H]3N=C=S)ccn1. The van der Waals surface area contributed by atoms with Gasteiger partial charge >= 0.3 is 6.18 Å². The highest BCUT2D eigenvalue weighted by Crippen LogP contribution is 2.41. The summed E-state index contributed by atoms with van der Waals surface area (Å²) in [5.41, 5.74) is -0.259. The summed E-state index contributed by atoms with van der Waals surface area (Å²) in [5, 5.41) is 2.45. The molecule has 7 heteroatoms. The Balaban J connectivity index is 1.82. The van der Waals surface area contributed by atoms with Crippen molar-refractivity contribution in [3.8, 4) is 0 Å². The summed E-state index contributed by atoms with van der Waals surface area (Å²) < 4.78 is 38.2. The van der Waals surface area contributed by atoms with Crippen molar-refractivity contribution >= 4 is 23.1 Å². The van der Waals surface area contributed by atoms with Gasteiger partial charge in [-0.05, 0) is 49.0 Å². The predicted octanol–water partition coefficient (Wildman–Crippen LogP) is 3.42. The largest absolute Gasteiger partial charge is 0.433 e. The Hall–Kier alpha value is -1.46. The van der Waals surface area contributed by atoms with Crippen molar-refractivity contribution in [3.63, 3.8) is 0 Å². The summed E-state index contributed by atoms with van der Waals surface area (Å²) in [6, 6.07) is 2.95. The number of anilines is 1. The van der Waals surface area contributed by atoms with E-state index in [-0.39, 0.29) is 6.04 Å². The summed E-state index contributed by atoms with van der Waals surface area (Å²) in [6.07, 6.45) is -1.09. The molecule has 1 aliphatic carbocycles. The predicted molar refractivity (Wildman–Crippen MR) is 76.5 cm³/mol. The summed E-state index contributed by atoms with van der Waals surface area (Å²) in [4.78, 5) is 9.66. The van der Waals surface area contributed by atoms with Gasteiger partial charge in [0, 0.05) is 25.0 Å². The smallest absolute Gasteiger partial charge is 0.371 e. The van der Waals surface area contributed by atoms with E-state index in [2.05, 4.69) is 27.4 Å². The molecule has 1 saturated heterocycles. The number of rotatable bonds is 2. The van der Waals surface area contributed by atoms with Gasteiger partial charge in [0.05, 0.1) is 11.2 Å². The quantitative estimate of drug-likeness (QED) is 0.619. The summed E-state index contributed by atoms with van der Waals surface area (Å²) in [7, 11) is 0. The molecule has 1 aromatic heterocycles. The van der Waals surface area contributed by atoms with Crippen LogP contribution in [0, 0.1) is 11.8 Å². The van der Waals surface area contributed by atoms with Crippen LogP contribution in [-0.2, 0) is 6.18 Å². The van der Waals surface area contributed by atoms with Crippen LogP contribution in [0.5, 0.6) is 0 Å². The molecule has 0 N–H and O–H groups in total. The van der Waals surface area contributed by atoms with Crippen LogP contribution in [-0.4, -0.2) is 29.3 Å². The standard InChI is InChI=1S/C14H14F3N3S/c15-14(16,17)12-5-11(3-4-18-12)20-6-9-1-2-10(7-20)13(9)19-8-21/h3-5,9-10,13H,1-2,6-7H2/t9-,10?,13-/m0/s1. The van der Waals surface area contributed by atoms with Gasteiger partial charge in [-0.3, -0.25) is 4.98 Å². The number of hydrogen-bond donors (Lipinski definition) is 0. The highest BCUT2D eigenvalue weighted by atomic mass is 32.1. The first kappa shape index (κ1) is 14.5. The van der Waals surface area contributed by atoms with E-state index in [0.29, 0.717) is 30.6 Å². The lowest BCUT2D eigenvalue weighted by atomic mass is 9.92. The first-order valence-corrected chi connectivity index (χ1v) is 7.25. The van der Waals surface area contributed by atoms with E-state index in [0.717, 1.165) is 18.9 Å². The minimum Gasteiger partial charge on any atom is -0.371 e. The van der Waals surface area contributed by atoms with Gasteiger partial charge in [-0.15, -0.1) is 0 Å². The number of thiocarbonyl (C=S) groups is 1. The molecule has 21 heavy (non-hydrogen) atoms. The van der Waals surface area contributed by atoms with Gasteiger partial charge < -0.3 is 4.90 Å². The van der Waals surface area contributed by atoms with Crippen molar-refractivity contribution in [2.75, 3.05) is 18.0 Å². The lowest BCUT2D eigenvalue weighted by Gasteiger charge is -2.37. The second-order valence-electron chi connectivity index (χ2n) is 5.61. The normalized spacial score (nSPS) is 28.3. The monoisotopic (exact) mass is 313 g/mol. The van der Waals surface area contributed by atoms with Crippen molar-refractivity contribution in [1.29, 1.82) is 0 Å². The molecule has 0 radical (unpaired) electrons. The lowest BCUT2D eigenvalue weighted by Crippen LogP contribution is -2.44. The van der Waals surface area contributed by atoms with E-state index in [1.807, 2.05) is 4.90 Å². The lowest BCUT2D eigenvalue weighted by molar-refractivity contribution is -0.141. The second kappa shape index (κ2) is 5.39. The number of pyridine rings is 1. The Morgan fingerprint density at radius 3 is 2.52 bits per heavy atom. The molecule has 0 aromatic carbocycles. The van der Waals surface area contributed by atoms with E-state index in [4.69, 9.17) is 0 Å². The minimum atomic E-state index is -4.41. The average Bonchev–Trinajstić information content (AvgIpc) is 2.69. The number of piperidine rings is 1. The molecule has 2 bridgehead atoms. The third kappa shape index (κ3) is 2.80. The van der Waals surface area contributed by atoms with Gasteiger partial charge in [-0.1, -0.05) is 0 Å². The Bertz CT molecular complexity index is 569. The zero-order chi connectivity index (χ0) is 15.0. The number of aromatic nitrogens is 1. The van der Waals surface area contributed by atoms with E-state index in [1.54, 1.807) is 6.07 Å². The molecule has 2 aliphatic rings. The highest BCUT2D eigenvalue weighted by molar-refractivity contribution is 7.78. The molecule has 0 spiro atoms. The third-order valence-corrected chi connectivity index (χ3v) is 4.49. The molecule has 1 aliphatic heterocycles. The van der Waals surface area contributed by atoms with Crippen LogP contribution < -0.4 is 4.90 Å². The molecule has 3 rings (SSSR count). The van der Waals surface area contributed by atoms with Crippen molar-refractivity contribution in [2.45, 2.75) is 25.1 Å². The second-order valence-corrected chi connectivity index (χ2v) is 5.79. The van der Waals surface area contributed by atoms with Crippen molar-refractivity contribution in [3.05, 3.63) is 24.0 Å². The number of alkyl halides is 3. The summed E-state index contributed by atoms with van der Waals surface area (Å²) >= 11 is 4.68. The van der Waals surface area contributed by atoms with Crippen LogP contribution in [0.3, 0.4) is 0 Å². The number of nitrogens with zero attached hydrogens (tertiary/aromatic N) is 3. The van der Waals surface area contributed by atoms with Gasteiger partial charge in [-0.2, -0.15) is 13.2 Å². The highest BCUT2D eigenvalue weighted by Gasteiger charge is 2.42. The van der Waals surface area contributed by atoms with Crippen LogP contribution in [0.1, 0.15) is 18.5 Å². The molecule has 2 heterocycles. The van der Waals surface area contributed by atoms with Gasteiger partial charge in [0.25, 0.3) is 0 Å². The van der Waals surface area contributed by atoms with Crippen molar-refractivity contribution in [1.82, 2.24) is 4.98 Å². The molecular formula is C14H14F3N3S. The maximum atomic E-state index is 12.7. The zero-order valence-electron chi connectivity index (χ0n) is 11.2. The van der Waals surface area contributed by atoms with Crippen LogP contribution >= 0.6 is 12.2 Å². The van der Waals surface area contributed by atoms with E-state index < -0.39 is 11.9 Å². The number of halogens is 3. The fourth-order valence-corrected chi connectivity index (χ4v) is 3.57. The van der Waals surface area contributed by atoms with E-state index in [1.165, 1.54) is 6.20 Å². The summed E-state index contributed by atoms with van der Waals surface area (Å²) in [5.74, 6) is 0.698. The topological polar surface area (TPSA) is 28.5 Å². The number of fused-ring (bicyclic) bond motifs is 2. The molecule has 3 atom stereocenters. The van der Waals surface area contributed by atoms with Crippen LogP contribution in [0.2, 0.25) is 0 Å². The number of isothiocyanates is 1. The Labute approximate surface area is 125 Å². The van der Waals surface area contributed by atoms with Gasteiger partial charge in [0.2, 0.25) is 0 Å². The first-order chi connectivity index (χ1) is 9.99. The first-order valence-electron chi connectivity index (χ1n) is 6.84. The average molecular weight is 313 g/mol. The fourth-order valence-electron chi connectivity index (χ4n) is 3.45. The van der Waals surface area contributed by atoms with E-state index >= 15 is 0 Å². The maximum absolute atomic E-state index is 12.7. The van der Waals surface area contributed by atoms with Crippen LogP contribution in [0.25, 0.3) is 0 Å². The molecule has 1 aromatic rings. The molecule has 1 unspecified atom stereocenters. The van der Waals surface area contributed by atoms with Crippen molar-refractivity contribution < 1.29 is 13.2 Å². The molecule has 2 fully saturated rings. The zero-order valence-corrected chi connectivity index (χ0v) is 12.0. The fraction of sp³-hybridized carbons (Fsp3) is 0.571. The molecular weight excluding hydrogens is 299 g/mol. The molecule has 0 amide bonds. The third-order valence-electron chi connectivity index (χ3n) is 4.38. The minimum absolute atomic E-state index is 0.183.